The Kier molecular flexibility index (Phi) is 4.40. The topological polar surface area (TPSA) is 66.8 Å². The highest BCUT2D eigenvalue weighted by atomic mass is 16.5. The predicted octanol–water partition coefficient (Wildman–Crippen LogP) is -0.0456. The Morgan fingerprint density at radius 2 is 2.23 bits per heavy atom. The van der Waals surface area contributed by atoms with Crippen LogP contribution in [-0.2, 0) is 14.3 Å². The van der Waals surface area contributed by atoms with Crippen LogP contribution in [0.5, 0.6) is 0 Å². The van der Waals surface area contributed by atoms with E-state index in [-0.39, 0.29) is 6.61 Å². The van der Waals surface area contributed by atoms with Crippen LogP contribution in [0.2, 0.25) is 0 Å². The van der Waals surface area contributed by atoms with Crippen molar-refractivity contribution < 1.29 is 19.4 Å². The molecule has 13 heavy (non-hydrogen) atoms. The second-order valence-corrected chi connectivity index (χ2v) is 2.93. The molecule has 0 aromatic rings. The van der Waals surface area contributed by atoms with Gasteiger partial charge in [0, 0.05) is 13.7 Å². The van der Waals surface area contributed by atoms with E-state index in [2.05, 4.69) is 0 Å². The number of carboxylic acid groups (broad SMARTS) is 1. The maximum atomic E-state index is 10.8. The lowest BCUT2D eigenvalue weighted by molar-refractivity contribution is -0.156. The zero-order valence-corrected chi connectivity index (χ0v) is 8.11. The molecule has 0 aromatic heterocycles. The summed E-state index contributed by atoms with van der Waals surface area (Å²) in [4.78, 5) is 22.4. The molecule has 1 N–H and O–H groups in total. The molecule has 0 spiro atoms. The smallest absolute Gasteiger partial charge is 0.331 e. The van der Waals surface area contributed by atoms with E-state index in [1.54, 1.807) is 6.92 Å². The minimum Gasteiger partial charge on any atom is -0.479 e. The van der Waals surface area contributed by atoms with Gasteiger partial charge < -0.3 is 14.7 Å². The quantitative estimate of drug-likeness (QED) is 0.595. The van der Waals surface area contributed by atoms with Crippen molar-refractivity contribution in [2.75, 3.05) is 20.3 Å². The van der Waals surface area contributed by atoms with Crippen molar-refractivity contribution in [3.63, 3.8) is 0 Å². The normalized spacial score (nSPS) is 14.7. The SMILES string of the molecule is CCOCC(C)(C(=O)O)N(C)C=O. The summed E-state index contributed by atoms with van der Waals surface area (Å²) < 4.78 is 5.00. The van der Waals surface area contributed by atoms with Crippen molar-refractivity contribution in [1.82, 2.24) is 4.90 Å². The number of hydrogen-bond donors (Lipinski definition) is 1. The summed E-state index contributed by atoms with van der Waals surface area (Å²) in [5, 5.41) is 8.88. The number of hydrogen-bond acceptors (Lipinski definition) is 3. The first-order valence-electron chi connectivity index (χ1n) is 3.98. The van der Waals surface area contributed by atoms with E-state index in [4.69, 9.17) is 9.84 Å². The second-order valence-electron chi connectivity index (χ2n) is 2.93. The molecule has 0 saturated heterocycles. The summed E-state index contributed by atoms with van der Waals surface area (Å²) >= 11 is 0. The molecular formula is C8H15NO4. The van der Waals surface area contributed by atoms with Crippen molar-refractivity contribution in [3.05, 3.63) is 0 Å². The molecule has 0 fully saturated rings. The van der Waals surface area contributed by atoms with Gasteiger partial charge >= 0.3 is 5.97 Å². The van der Waals surface area contributed by atoms with E-state index in [9.17, 15) is 9.59 Å². The molecule has 0 bridgehead atoms. The molecule has 0 saturated carbocycles. The number of carboxylic acids is 1. The Balaban J connectivity index is 4.51. The van der Waals surface area contributed by atoms with E-state index in [0.717, 1.165) is 4.90 Å². The number of amides is 1. The molecule has 5 nitrogen and oxygen atoms in total. The van der Waals surface area contributed by atoms with E-state index in [1.165, 1.54) is 14.0 Å². The third-order valence-electron chi connectivity index (χ3n) is 1.98. The fourth-order valence-corrected chi connectivity index (χ4v) is 0.732. The largest absolute Gasteiger partial charge is 0.479 e. The summed E-state index contributed by atoms with van der Waals surface area (Å²) in [6.07, 6.45) is 0.479. The molecule has 0 heterocycles. The van der Waals surface area contributed by atoms with Gasteiger partial charge in [-0.15, -0.1) is 0 Å². The fraction of sp³-hybridized carbons (Fsp3) is 0.750. The van der Waals surface area contributed by atoms with Gasteiger partial charge in [0.15, 0.2) is 5.54 Å². The summed E-state index contributed by atoms with van der Waals surface area (Å²) in [6, 6.07) is 0. The van der Waals surface area contributed by atoms with Gasteiger partial charge in [0.2, 0.25) is 6.41 Å². The number of carbonyl (C=O) groups is 2. The summed E-state index contributed by atoms with van der Waals surface area (Å²) in [5.41, 5.74) is -1.28. The second kappa shape index (κ2) is 4.81. The molecule has 0 aromatic carbocycles. The minimum atomic E-state index is -1.28. The van der Waals surface area contributed by atoms with E-state index >= 15 is 0 Å². The monoisotopic (exact) mass is 189 g/mol. The number of aliphatic carboxylic acids is 1. The van der Waals surface area contributed by atoms with Crippen LogP contribution in [-0.4, -0.2) is 48.2 Å². The standard InChI is InChI=1S/C8H15NO4/c1-4-13-5-8(2,7(11)12)9(3)6-10/h6H,4-5H2,1-3H3,(H,11,12). The van der Waals surface area contributed by atoms with Crippen LogP contribution < -0.4 is 0 Å². The average Bonchev–Trinajstić information content (AvgIpc) is 2.12. The van der Waals surface area contributed by atoms with Crippen LogP contribution in [0.4, 0.5) is 0 Å². The Bertz CT molecular complexity index is 195. The Hall–Kier alpha value is -1.10. The molecule has 0 aliphatic rings. The molecule has 0 radical (unpaired) electrons. The summed E-state index contributed by atoms with van der Waals surface area (Å²) in [5.74, 6) is -1.07. The van der Waals surface area contributed by atoms with Crippen LogP contribution in [0, 0.1) is 0 Å². The van der Waals surface area contributed by atoms with Gasteiger partial charge in [0.05, 0.1) is 6.61 Å². The molecule has 1 amide bonds. The predicted molar refractivity (Wildman–Crippen MR) is 46.4 cm³/mol. The summed E-state index contributed by atoms with van der Waals surface area (Å²) in [6.45, 7) is 3.63. The van der Waals surface area contributed by atoms with Gasteiger partial charge in [-0.1, -0.05) is 0 Å². The van der Waals surface area contributed by atoms with Crippen molar-refractivity contribution in [2.24, 2.45) is 0 Å². The van der Waals surface area contributed by atoms with Gasteiger partial charge in [-0.3, -0.25) is 4.79 Å². The first kappa shape index (κ1) is 11.9. The van der Waals surface area contributed by atoms with Gasteiger partial charge in [0.25, 0.3) is 0 Å². The Morgan fingerprint density at radius 3 is 2.54 bits per heavy atom. The highest BCUT2D eigenvalue weighted by molar-refractivity contribution is 5.81. The van der Waals surface area contributed by atoms with Crippen LogP contribution >= 0.6 is 0 Å². The zero-order chi connectivity index (χ0) is 10.5. The van der Waals surface area contributed by atoms with Crippen LogP contribution in [0.1, 0.15) is 13.8 Å². The number of likely N-dealkylation sites (N-methyl/N-ethyl adjacent to an activating group) is 1. The van der Waals surface area contributed by atoms with Crippen molar-refractivity contribution >= 4 is 12.4 Å². The van der Waals surface area contributed by atoms with Gasteiger partial charge in [-0.2, -0.15) is 0 Å². The summed E-state index contributed by atoms with van der Waals surface area (Å²) in [7, 11) is 1.42. The van der Waals surface area contributed by atoms with Crippen LogP contribution in [0.3, 0.4) is 0 Å². The lowest BCUT2D eigenvalue weighted by atomic mass is 10.0. The molecule has 1 unspecified atom stereocenters. The number of ether oxygens (including phenoxy) is 1. The van der Waals surface area contributed by atoms with Gasteiger partial charge in [-0.25, -0.2) is 4.79 Å². The highest BCUT2D eigenvalue weighted by Crippen LogP contribution is 2.12. The fourth-order valence-electron chi connectivity index (χ4n) is 0.732. The maximum Gasteiger partial charge on any atom is 0.331 e. The van der Waals surface area contributed by atoms with Gasteiger partial charge in [-0.05, 0) is 13.8 Å². The lowest BCUT2D eigenvalue weighted by Crippen LogP contribution is -2.53. The molecule has 5 heteroatoms. The Morgan fingerprint density at radius 1 is 1.69 bits per heavy atom. The highest BCUT2D eigenvalue weighted by Gasteiger charge is 2.37. The molecule has 0 rings (SSSR count). The number of nitrogens with zero attached hydrogens (tertiary/aromatic N) is 1. The van der Waals surface area contributed by atoms with Crippen LogP contribution in [0.15, 0.2) is 0 Å². The first-order chi connectivity index (χ1) is 5.99. The molecular weight excluding hydrogens is 174 g/mol. The average molecular weight is 189 g/mol. The zero-order valence-electron chi connectivity index (χ0n) is 8.11. The minimum absolute atomic E-state index is 0.00588. The third-order valence-corrected chi connectivity index (χ3v) is 1.98. The third kappa shape index (κ3) is 2.69. The molecule has 0 aliphatic carbocycles. The van der Waals surface area contributed by atoms with Crippen molar-refractivity contribution in [3.8, 4) is 0 Å². The van der Waals surface area contributed by atoms with Gasteiger partial charge in [0.1, 0.15) is 0 Å². The van der Waals surface area contributed by atoms with Crippen LogP contribution in [0.25, 0.3) is 0 Å². The molecule has 1 atom stereocenters. The van der Waals surface area contributed by atoms with E-state index in [1.807, 2.05) is 0 Å². The number of rotatable bonds is 6. The molecule has 0 aliphatic heterocycles. The van der Waals surface area contributed by atoms with E-state index in [0.29, 0.717) is 13.0 Å². The Labute approximate surface area is 77.3 Å². The van der Waals surface area contributed by atoms with E-state index < -0.39 is 11.5 Å². The van der Waals surface area contributed by atoms with Crippen molar-refractivity contribution in [1.29, 1.82) is 0 Å². The maximum absolute atomic E-state index is 10.8. The number of carbonyl (C=O) groups excluding carboxylic acids is 1. The van der Waals surface area contributed by atoms with Crippen molar-refractivity contribution in [2.45, 2.75) is 19.4 Å². The molecule has 76 valence electrons. The first-order valence-corrected chi connectivity index (χ1v) is 3.98. The lowest BCUT2D eigenvalue weighted by Gasteiger charge is -2.31.